The van der Waals surface area contributed by atoms with E-state index in [9.17, 15) is 15.0 Å². The Hall–Kier alpha value is -2.17. The molecule has 0 aromatic heterocycles. The Balaban J connectivity index is 1.87. The van der Waals surface area contributed by atoms with Crippen molar-refractivity contribution >= 4 is 5.78 Å². The van der Waals surface area contributed by atoms with Crippen LogP contribution >= 0.6 is 0 Å². The molecule has 1 saturated heterocycles. The number of ketones is 1. The topological polar surface area (TPSA) is 75.7 Å². The van der Waals surface area contributed by atoms with Gasteiger partial charge in [0.25, 0.3) is 0 Å². The lowest BCUT2D eigenvalue weighted by molar-refractivity contribution is -0.479. The zero-order valence-corrected chi connectivity index (χ0v) is 9.91. The van der Waals surface area contributed by atoms with E-state index in [1.165, 1.54) is 12.1 Å². The predicted octanol–water partition coefficient (Wildman–Crippen LogP) is 0.555. The van der Waals surface area contributed by atoms with Crippen molar-refractivity contribution in [1.29, 1.82) is 0 Å². The van der Waals surface area contributed by atoms with E-state index in [2.05, 4.69) is 0 Å². The highest BCUT2D eigenvalue weighted by molar-refractivity contribution is 6.03. The first kappa shape index (κ1) is 11.9. The van der Waals surface area contributed by atoms with Gasteiger partial charge in [-0.05, 0) is 5.56 Å². The number of carbonyl (C=O) groups is 1. The van der Waals surface area contributed by atoms with E-state index in [0.717, 1.165) is 0 Å². The molecule has 96 valence electrons. The van der Waals surface area contributed by atoms with Crippen molar-refractivity contribution in [1.82, 2.24) is 0 Å². The fraction of sp³-hybridized carbons (Fsp3) is 0.133. The summed E-state index contributed by atoms with van der Waals surface area (Å²) in [6.45, 7) is 0. The first-order valence-electron chi connectivity index (χ1n) is 5.87. The van der Waals surface area contributed by atoms with Crippen molar-refractivity contribution in [3.8, 4) is 5.75 Å². The fourth-order valence-electron chi connectivity index (χ4n) is 2.07. The van der Waals surface area contributed by atoms with Gasteiger partial charge in [-0.15, -0.1) is 0 Å². The minimum Gasteiger partial charge on any atom is -0.872 e. The highest BCUT2D eigenvalue weighted by Gasteiger charge is 2.52. The molecule has 0 spiro atoms. The number of carbonyl (C=O) groups excluding carboxylic acids is 1. The van der Waals surface area contributed by atoms with Gasteiger partial charge < -0.3 is 14.9 Å². The van der Waals surface area contributed by atoms with Gasteiger partial charge in [0, 0.05) is 5.56 Å². The Morgan fingerprint density at radius 1 is 1.05 bits per heavy atom. The molecule has 0 amide bonds. The second-order valence-corrected chi connectivity index (χ2v) is 4.39. The summed E-state index contributed by atoms with van der Waals surface area (Å²) < 4.78 is 5.02. The van der Waals surface area contributed by atoms with Crippen LogP contribution in [0.25, 0.3) is 0 Å². The summed E-state index contributed by atoms with van der Waals surface area (Å²) in [7, 11) is 0. The number of hydrogen-bond acceptors (Lipinski definition) is 4. The van der Waals surface area contributed by atoms with Crippen LogP contribution in [-0.4, -0.2) is 11.9 Å². The van der Waals surface area contributed by atoms with E-state index in [-0.39, 0.29) is 5.56 Å². The summed E-state index contributed by atoms with van der Waals surface area (Å²) in [6.07, 6.45) is -1.12. The van der Waals surface area contributed by atoms with Gasteiger partial charge in [0.1, 0.15) is 6.10 Å². The molecule has 0 aliphatic carbocycles. The molecule has 3 rings (SSSR count). The number of benzene rings is 2. The average Bonchev–Trinajstić information content (AvgIpc) is 3.13. The molecular weight excluding hydrogens is 244 g/mol. The zero-order chi connectivity index (χ0) is 13.5. The van der Waals surface area contributed by atoms with E-state index in [0.29, 0.717) is 5.56 Å². The molecule has 2 unspecified atom stereocenters. The Bertz CT molecular complexity index is 623. The summed E-state index contributed by atoms with van der Waals surface area (Å²) in [6, 6.07) is 14.3. The maximum atomic E-state index is 12.3. The third-order valence-corrected chi connectivity index (χ3v) is 3.15. The SMILES string of the molecule is O=C(c1ccccc1[O-])C1OC1([O-])c1ccccc1. The standard InChI is InChI=1S/C15H11O4/c16-12-9-5-4-8-11(12)13(17)14-15(18,19-14)10-6-2-1-3-7-10/h1-9,14,16H/q-1/p-1. The maximum Gasteiger partial charge on any atom is 0.192 e. The fourth-order valence-corrected chi connectivity index (χ4v) is 2.07. The number of epoxide rings is 1. The molecule has 1 aliphatic heterocycles. The lowest BCUT2D eigenvalue weighted by atomic mass is 10.00. The molecule has 0 saturated carbocycles. The summed E-state index contributed by atoms with van der Waals surface area (Å²) in [5, 5.41) is 23.9. The quantitative estimate of drug-likeness (QED) is 0.592. The molecule has 0 N–H and O–H groups in total. The first-order chi connectivity index (χ1) is 9.13. The van der Waals surface area contributed by atoms with E-state index in [1.54, 1.807) is 42.5 Å². The van der Waals surface area contributed by atoms with Crippen LogP contribution in [0.3, 0.4) is 0 Å². The summed E-state index contributed by atoms with van der Waals surface area (Å²) >= 11 is 0. The van der Waals surface area contributed by atoms with Crippen molar-refractivity contribution < 1.29 is 19.7 Å². The lowest BCUT2D eigenvalue weighted by Gasteiger charge is -2.18. The number of Topliss-reactive ketones (excluding diaryl/α,β-unsaturated/α-hetero) is 1. The van der Waals surface area contributed by atoms with Crippen LogP contribution in [0.4, 0.5) is 0 Å². The van der Waals surface area contributed by atoms with Gasteiger partial charge in [-0.1, -0.05) is 60.3 Å². The van der Waals surface area contributed by atoms with Gasteiger partial charge >= 0.3 is 0 Å². The van der Waals surface area contributed by atoms with Crippen LogP contribution in [-0.2, 0) is 10.5 Å². The number of rotatable bonds is 3. The first-order valence-corrected chi connectivity index (χ1v) is 5.87. The van der Waals surface area contributed by atoms with E-state index in [1.807, 2.05) is 0 Å². The summed E-state index contributed by atoms with van der Waals surface area (Å²) in [5.41, 5.74) is 0.401. The molecule has 2 atom stereocenters. The third kappa shape index (κ3) is 1.91. The van der Waals surface area contributed by atoms with Crippen LogP contribution < -0.4 is 10.2 Å². The van der Waals surface area contributed by atoms with Crippen LogP contribution in [0.2, 0.25) is 0 Å². The van der Waals surface area contributed by atoms with Crippen molar-refractivity contribution in [2.45, 2.75) is 11.9 Å². The van der Waals surface area contributed by atoms with Crippen molar-refractivity contribution in [3.05, 3.63) is 65.7 Å². The number of para-hydroxylation sites is 1. The van der Waals surface area contributed by atoms with Crippen LogP contribution in [0.5, 0.6) is 5.75 Å². The Morgan fingerprint density at radius 2 is 1.68 bits per heavy atom. The number of hydrogen-bond donors (Lipinski definition) is 0. The highest BCUT2D eigenvalue weighted by Crippen LogP contribution is 2.42. The second kappa shape index (κ2) is 4.19. The average molecular weight is 254 g/mol. The minimum atomic E-state index is -1.86. The minimum absolute atomic E-state index is 0.00107. The predicted molar refractivity (Wildman–Crippen MR) is 63.2 cm³/mol. The number of ether oxygens (including phenoxy) is 1. The normalized spacial score (nSPS) is 25.0. The molecule has 2 aromatic carbocycles. The second-order valence-electron chi connectivity index (χ2n) is 4.39. The van der Waals surface area contributed by atoms with Crippen molar-refractivity contribution in [2.24, 2.45) is 0 Å². The molecular formula is C15H10O4-2. The molecule has 19 heavy (non-hydrogen) atoms. The highest BCUT2D eigenvalue weighted by atomic mass is 16.7. The van der Waals surface area contributed by atoms with E-state index >= 15 is 0 Å². The molecule has 1 heterocycles. The van der Waals surface area contributed by atoms with Gasteiger partial charge in [0.15, 0.2) is 5.78 Å². The van der Waals surface area contributed by atoms with Crippen LogP contribution in [0.15, 0.2) is 54.6 Å². The molecule has 4 heteroatoms. The Morgan fingerprint density at radius 3 is 2.37 bits per heavy atom. The van der Waals surface area contributed by atoms with E-state index in [4.69, 9.17) is 4.74 Å². The third-order valence-electron chi connectivity index (χ3n) is 3.15. The Labute approximate surface area is 109 Å². The van der Waals surface area contributed by atoms with Crippen molar-refractivity contribution in [2.75, 3.05) is 0 Å². The van der Waals surface area contributed by atoms with Gasteiger partial charge in [-0.3, -0.25) is 4.79 Å². The summed E-state index contributed by atoms with van der Waals surface area (Å²) in [4.78, 5) is 12.1. The van der Waals surface area contributed by atoms with Gasteiger partial charge in [-0.25, -0.2) is 0 Å². The van der Waals surface area contributed by atoms with E-state index < -0.39 is 23.4 Å². The molecule has 1 aliphatic rings. The molecule has 0 radical (unpaired) electrons. The Kier molecular flexibility index (Phi) is 2.62. The summed E-state index contributed by atoms with van der Waals surface area (Å²) in [5.74, 6) is -2.80. The molecule has 0 bridgehead atoms. The lowest BCUT2D eigenvalue weighted by Crippen LogP contribution is -2.32. The van der Waals surface area contributed by atoms with Crippen LogP contribution in [0, 0.1) is 0 Å². The smallest absolute Gasteiger partial charge is 0.192 e. The van der Waals surface area contributed by atoms with Gasteiger partial charge in [-0.2, -0.15) is 0 Å². The molecule has 4 nitrogen and oxygen atoms in total. The van der Waals surface area contributed by atoms with Gasteiger partial charge in [0.2, 0.25) is 0 Å². The van der Waals surface area contributed by atoms with Gasteiger partial charge in [0.05, 0.1) is 5.79 Å². The van der Waals surface area contributed by atoms with Crippen LogP contribution in [0.1, 0.15) is 15.9 Å². The van der Waals surface area contributed by atoms with Crippen molar-refractivity contribution in [3.63, 3.8) is 0 Å². The molecule has 2 aromatic rings. The largest absolute Gasteiger partial charge is 0.872 e. The monoisotopic (exact) mass is 254 g/mol. The maximum absolute atomic E-state index is 12.3. The molecule has 1 fully saturated rings. The zero-order valence-electron chi connectivity index (χ0n) is 9.91.